The molecule has 0 aromatic heterocycles. The predicted molar refractivity (Wildman–Crippen MR) is 93.3 cm³/mol. The maximum Gasteiger partial charge on any atom is 0.278 e. The van der Waals surface area contributed by atoms with E-state index in [4.69, 9.17) is 0 Å². The van der Waals surface area contributed by atoms with Crippen LogP contribution in [0.15, 0.2) is 24.3 Å². The minimum atomic E-state index is -3.59. The Kier molecular flexibility index (Phi) is 6.58. The van der Waals surface area contributed by atoms with Gasteiger partial charge in [0.15, 0.2) is 0 Å². The van der Waals surface area contributed by atoms with E-state index in [0.29, 0.717) is 5.69 Å². The number of nitrogens with one attached hydrogen (secondary N) is 1. The topological polar surface area (TPSA) is 86.8 Å². The molecule has 1 aromatic carbocycles. The van der Waals surface area contributed by atoms with E-state index in [-0.39, 0.29) is 19.0 Å². The van der Waals surface area contributed by atoms with Gasteiger partial charge in [0.2, 0.25) is 10.0 Å². The summed E-state index contributed by atoms with van der Waals surface area (Å²) in [5.74, 6) is 0.147. The summed E-state index contributed by atoms with van der Waals surface area (Å²) in [6.07, 6.45) is 1.12. The summed E-state index contributed by atoms with van der Waals surface area (Å²) in [5, 5.41) is 0. The van der Waals surface area contributed by atoms with Crippen molar-refractivity contribution in [3.63, 3.8) is 0 Å². The number of rotatable bonds is 8. The zero-order valence-corrected chi connectivity index (χ0v) is 15.8. The molecule has 1 rings (SSSR count). The largest absolute Gasteiger partial charge is 0.278 e. The Balaban J connectivity index is 3.06. The molecule has 9 heteroatoms. The molecule has 0 unspecified atom stereocenters. The first-order valence-electron chi connectivity index (χ1n) is 7.20. The van der Waals surface area contributed by atoms with Gasteiger partial charge >= 0.3 is 0 Å². The van der Waals surface area contributed by atoms with Gasteiger partial charge in [-0.2, -0.15) is 12.7 Å². The number of nitrogens with zero attached hydrogens (tertiary/aromatic N) is 2. The monoisotopic (exact) mass is 363 g/mol. The van der Waals surface area contributed by atoms with E-state index in [1.165, 1.54) is 18.4 Å². The van der Waals surface area contributed by atoms with Crippen molar-refractivity contribution in [2.24, 2.45) is 0 Å². The van der Waals surface area contributed by atoms with Crippen LogP contribution in [-0.2, 0) is 20.2 Å². The molecule has 0 aliphatic carbocycles. The van der Waals surface area contributed by atoms with Crippen LogP contribution in [0.25, 0.3) is 0 Å². The SMILES string of the molecule is CC(C)c1ccccc1N(CCNS(=O)(=O)N(C)C)S(C)(=O)=O. The van der Waals surface area contributed by atoms with Crippen molar-refractivity contribution >= 4 is 25.9 Å². The fourth-order valence-electron chi connectivity index (χ4n) is 2.07. The molecule has 0 bridgehead atoms. The number of para-hydroxylation sites is 1. The van der Waals surface area contributed by atoms with Crippen molar-refractivity contribution in [2.45, 2.75) is 19.8 Å². The summed E-state index contributed by atoms with van der Waals surface area (Å²) in [6, 6.07) is 7.23. The van der Waals surface area contributed by atoms with Gasteiger partial charge < -0.3 is 0 Å². The molecule has 0 aliphatic heterocycles. The third-order valence-electron chi connectivity index (χ3n) is 3.31. The van der Waals surface area contributed by atoms with Gasteiger partial charge in [0.1, 0.15) is 0 Å². The Morgan fingerprint density at radius 3 is 2.13 bits per heavy atom. The fraction of sp³-hybridized carbons (Fsp3) is 0.571. The van der Waals surface area contributed by atoms with Crippen LogP contribution in [0.1, 0.15) is 25.3 Å². The zero-order valence-electron chi connectivity index (χ0n) is 14.1. The lowest BCUT2D eigenvalue weighted by Gasteiger charge is -2.26. The van der Waals surface area contributed by atoms with Crippen molar-refractivity contribution in [2.75, 3.05) is 37.7 Å². The van der Waals surface area contributed by atoms with E-state index in [1.54, 1.807) is 12.1 Å². The Bertz CT molecular complexity index is 728. The molecule has 0 saturated heterocycles. The van der Waals surface area contributed by atoms with Crippen molar-refractivity contribution in [1.29, 1.82) is 0 Å². The molecule has 0 heterocycles. The molecule has 0 spiro atoms. The first-order chi connectivity index (χ1) is 10.5. The molecule has 132 valence electrons. The van der Waals surface area contributed by atoms with Crippen LogP contribution in [0, 0.1) is 0 Å². The van der Waals surface area contributed by atoms with Gasteiger partial charge in [0, 0.05) is 27.2 Å². The molecule has 1 N–H and O–H groups in total. The number of sulfonamides is 1. The average molecular weight is 364 g/mol. The maximum atomic E-state index is 12.1. The molecule has 0 radical (unpaired) electrons. The minimum absolute atomic E-state index is 0.0139. The highest BCUT2D eigenvalue weighted by atomic mass is 32.2. The molecular weight excluding hydrogens is 338 g/mol. The molecule has 0 atom stereocenters. The summed E-state index contributed by atoms with van der Waals surface area (Å²) in [4.78, 5) is 0. The number of benzene rings is 1. The average Bonchev–Trinajstić information content (AvgIpc) is 2.42. The summed E-state index contributed by atoms with van der Waals surface area (Å²) in [5.41, 5.74) is 1.47. The molecule has 0 fully saturated rings. The van der Waals surface area contributed by atoms with Crippen LogP contribution in [0.4, 0.5) is 5.69 Å². The molecule has 0 amide bonds. The van der Waals surface area contributed by atoms with Crippen LogP contribution in [-0.4, -0.2) is 54.6 Å². The molecule has 1 aromatic rings. The van der Waals surface area contributed by atoms with Gasteiger partial charge in [-0.05, 0) is 17.5 Å². The molecule has 7 nitrogen and oxygen atoms in total. The molecule has 0 aliphatic rings. The lowest BCUT2D eigenvalue weighted by molar-refractivity contribution is 0.506. The number of hydrogen-bond acceptors (Lipinski definition) is 4. The van der Waals surface area contributed by atoms with Gasteiger partial charge in [0.25, 0.3) is 10.2 Å². The Morgan fingerprint density at radius 2 is 1.65 bits per heavy atom. The Labute approximate surface area is 139 Å². The third kappa shape index (κ3) is 5.45. The van der Waals surface area contributed by atoms with Crippen LogP contribution in [0.3, 0.4) is 0 Å². The first kappa shape index (κ1) is 19.9. The van der Waals surface area contributed by atoms with E-state index >= 15 is 0 Å². The van der Waals surface area contributed by atoms with Gasteiger partial charge in [-0.1, -0.05) is 32.0 Å². The van der Waals surface area contributed by atoms with Crippen molar-refractivity contribution < 1.29 is 16.8 Å². The lowest BCUT2D eigenvalue weighted by Crippen LogP contribution is -2.42. The predicted octanol–water partition coefficient (Wildman–Crippen LogP) is 0.972. The summed E-state index contributed by atoms with van der Waals surface area (Å²) < 4.78 is 52.4. The molecule has 23 heavy (non-hydrogen) atoms. The number of anilines is 1. The van der Waals surface area contributed by atoms with Crippen molar-refractivity contribution in [3.8, 4) is 0 Å². The third-order valence-corrected chi connectivity index (χ3v) is 6.02. The van der Waals surface area contributed by atoms with Crippen LogP contribution >= 0.6 is 0 Å². The van der Waals surface area contributed by atoms with E-state index in [1.807, 2.05) is 26.0 Å². The van der Waals surface area contributed by atoms with Gasteiger partial charge in [0.05, 0.1) is 11.9 Å². The number of hydrogen-bond donors (Lipinski definition) is 1. The second kappa shape index (κ2) is 7.61. The van der Waals surface area contributed by atoms with E-state index in [0.717, 1.165) is 16.1 Å². The normalized spacial score (nSPS) is 12.8. The van der Waals surface area contributed by atoms with Crippen LogP contribution in [0.2, 0.25) is 0 Å². The quantitative estimate of drug-likeness (QED) is 0.746. The second-order valence-corrected chi connectivity index (χ2v) is 9.61. The maximum absolute atomic E-state index is 12.1. The fourth-order valence-corrected chi connectivity index (χ4v) is 3.63. The van der Waals surface area contributed by atoms with Crippen LogP contribution in [0.5, 0.6) is 0 Å². The van der Waals surface area contributed by atoms with E-state index in [9.17, 15) is 16.8 Å². The summed E-state index contributed by atoms with van der Waals surface area (Å²) >= 11 is 0. The van der Waals surface area contributed by atoms with Crippen LogP contribution < -0.4 is 9.03 Å². The first-order valence-corrected chi connectivity index (χ1v) is 10.5. The second-order valence-electron chi connectivity index (χ2n) is 5.73. The molecular formula is C14H25N3O4S2. The van der Waals surface area contributed by atoms with Crippen molar-refractivity contribution in [1.82, 2.24) is 9.03 Å². The molecule has 0 saturated carbocycles. The highest BCUT2D eigenvalue weighted by Crippen LogP contribution is 2.28. The lowest BCUT2D eigenvalue weighted by atomic mass is 10.0. The summed E-state index contributed by atoms with van der Waals surface area (Å²) in [6.45, 7) is 3.97. The summed E-state index contributed by atoms with van der Waals surface area (Å²) in [7, 11) is -4.30. The van der Waals surface area contributed by atoms with E-state index < -0.39 is 20.2 Å². The smallest absolute Gasteiger partial charge is 0.269 e. The Hall–Kier alpha value is -1.16. The van der Waals surface area contributed by atoms with E-state index in [2.05, 4.69) is 4.72 Å². The van der Waals surface area contributed by atoms with Gasteiger partial charge in [-0.15, -0.1) is 0 Å². The van der Waals surface area contributed by atoms with Gasteiger partial charge in [-0.3, -0.25) is 4.31 Å². The minimum Gasteiger partial charge on any atom is -0.269 e. The van der Waals surface area contributed by atoms with Crippen molar-refractivity contribution in [3.05, 3.63) is 29.8 Å². The van der Waals surface area contributed by atoms with Gasteiger partial charge in [-0.25, -0.2) is 13.1 Å². The zero-order chi connectivity index (χ0) is 17.8. The standard InChI is InChI=1S/C14H25N3O4S2/c1-12(2)13-8-6-7-9-14(13)17(22(5,18)19)11-10-15-23(20,21)16(3)4/h6-9,12,15H,10-11H2,1-5H3. The Morgan fingerprint density at radius 1 is 1.09 bits per heavy atom. The highest BCUT2D eigenvalue weighted by Gasteiger charge is 2.22. The highest BCUT2D eigenvalue weighted by molar-refractivity contribution is 7.92.